The van der Waals surface area contributed by atoms with Gasteiger partial charge in [0.05, 0.1) is 18.4 Å². The molecule has 0 saturated heterocycles. The minimum Gasteiger partial charge on any atom is -0.469 e. The molecule has 0 aliphatic heterocycles. The topological polar surface area (TPSA) is 46.6 Å². The van der Waals surface area contributed by atoms with Crippen molar-refractivity contribution in [2.24, 2.45) is 5.92 Å². The molecule has 1 fully saturated rings. The molecule has 1 unspecified atom stereocenters. The van der Waals surface area contributed by atoms with Gasteiger partial charge in [0.2, 0.25) is 5.91 Å². The fourth-order valence-corrected chi connectivity index (χ4v) is 3.90. The third-order valence-corrected chi connectivity index (χ3v) is 5.56. The Morgan fingerprint density at radius 3 is 2.33 bits per heavy atom. The summed E-state index contributed by atoms with van der Waals surface area (Å²) in [5.74, 6) is -0.451. The highest BCUT2D eigenvalue weighted by Gasteiger charge is 2.45. The molecule has 1 aliphatic carbocycles. The molecule has 132 valence electrons. The quantitative estimate of drug-likeness (QED) is 0.685. The summed E-state index contributed by atoms with van der Waals surface area (Å²) < 4.78 is 5.82. The Morgan fingerprint density at radius 2 is 1.83 bits per heavy atom. The number of hydrogen-bond donors (Lipinski definition) is 0. The van der Waals surface area contributed by atoms with Crippen molar-refractivity contribution in [1.82, 2.24) is 4.90 Å². The van der Waals surface area contributed by atoms with Crippen LogP contribution in [0.5, 0.6) is 0 Å². The summed E-state index contributed by atoms with van der Waals surface area (Å²) in [5.41, 5.74) is 0.629. The number of hydrogen-bond acceptors (Lipinski definition) is 3. The van der Waals surface area contributed by atoms with Crippen molar-refractivity contribution in [3.8, 4) is 0 Å². The van der Waals surface area contributed by atoms with Crippen LogP contribution in [0.2, 0.25) is 0 Å². The van der Waals surface area contributed by atoms with Crippen LogP contribution in [0.25, 0.3) is 0 Å². The zero-order valence-corrected chi connectivity index (χ0v) is 16.3. The van der Waals surface area contributed by atoms with Gasteiger partial charge < -0.3 is 9.64 Å². The molecule has 1 aromatic rings. The van der Waals surface area contributed by atoms with E-state index in [-0.39, 0.29) is 17.8 Å². The van der Waals surface area contributed by atoms with Crippen molar-refractivity contribution in [2.75, 3.05) is 20.2 Å². The van der Waals surface area contributed by atoms with Crippen LogP contribution in [-0.4, -0.2) is 37.0 Å². The van der Waals surface area contributed by atoms with E-state index in [1.165, 1.54) is 7.11 Å². The van der Waals surface area contributed by atoms with Gasteiger partial charge in [-0.3, -0.25) is 9.59 Å². The first-order chi connectivity index (χ1) is 11.4. The molecule has 2 rings (SSSR count). The zero-order valence-electron chi connectivity index (χ0n) is 14.7. The molecular weight excluding hydrogens is 370 g/mol. The number of likely N-dealkylation sites (N-methyl/N-ethyl adjacent to an activating group) is 1. The standard InChI is InChI=1S/C19H26BrNO3/c1-4-21(13-14(2)17(22)24-3)18(23)19(11-5-6-12-19)15-7-9-16(20)10-8-15/h7-10,14H,4-6,11-13H2,1-3H3. The second-order valence-corrected chi connectivity index (χ2v) is 7.48. The molecule has 0 spiro atoms. The summed E-state index contributed by atoms with van der Waals surface area (Å²) in [5, 5.41) is 0. The number of benzene rings is 1. The Labute approximate surface area is 152 Å². The molecule has 24 heavy (non-hydrogen) atoms. The first kappa shape index (κ1) is 19.0. The largest absolute Gasteiger partial charge is 0.469 e. The number of nitrogens with zero attached hydrogens (tertiary/aromatic N) is 1. The van der Waals surface area contributed by atoms with Crippen LogP contribution in [0.1, 0.15) is 45.1 Å². The van der Waals surface area contributed by atoms with Crippen LogP contribution in [0.4, 0.5) is 0 Å². The number of halogens is 1. The van der Waals surface area contributed by atoms with Gasteiger partial charge in [0, 0.05) is 17.6 Å². The predicted molar refractivity (Wildman–Crippen MR) is 97.7 cm³/mol. The number of amides is 1. The first-order valence-electron chi connectivity index (χ1n) is 8.58. The van der Waals surface area contributed by atoms with Gasteiger partial charge >= 0.3 is 5.97 Å². The van der Waals surface area contributed by atoms with Gasteiger partial charge in [-0.15, -0.1) is 0 Å². The van der Waals surface area contributed by atoms with Crippen LogP contribution >= 0.6 is 15.9 Å². The molecule has 5 heteroatoms. The maximum absolute atomic E-state index is 13.4. The summed E-state index contributed by atoms with van der Waals surface area (Å²) in [6.07, 6.45) is 3.87. The van der Waals surface area contributed by atoms with Crippen LogP contribution in [0.15, 0.2) is 28.7 Å². The van der Waals surface area contributed by atoms with E-state index in [4.69, 9.17) is 4.74 Å². The molecule has 0 heterocycles. The lowest BCUT2D eigenvalue weighted by atomic mass is 9.77. The lowest BCUT2D eigenvalue weighted by Gasteiger charge is -2.35. The molecule has 1 aromatic carbocycles. The highest BCUT2D eigenvalue weighted by molar-refractivity contribution is 9.10. The molecule has 0 N–H and O–H groups in total. The van der Waals surface area contributed by atoms with Crippen molar-refractivity contribution in [2.45, 2.75) is 44.9 Å². The smallest absolute Gasteiger partial charge is 0.310 e. The second-order valence-electron chi connectivity index (χ2n) is 6.56. The van der Waals surface area contributed by atoms with E-state index in [9.17, 15) is 9.59 Å². The molecule has 1 amide bonds. The van der Waals surface area contributed by atoms with Crippen molar-refractivity contribution < 1.29 is 14.3 Å². The summed E-state index contributed by atoms with van der Waals surface area (Å²) in [4.78, 5) is 26.9. The summed E-state index contributed by atoms with van der Waals surface area (Å²) in [7, 11) is 1.39. The lowest BCUT2D eigenvalue weighted by Crippen LogP contribution is -2.47. The van der Waals surface area contributed by atoms with E-state index < -0.39 is 5.41 Å². The van der Waals surface area contributed by atoms with E-state index in [0.717, 1.165) is 35.7 Å². The number of rotatable bonds is 6. The third kappa shape index (κ3) is 3.82. The summed E-state index contributed by atoms with van der Waals surface area (Å²) >= 11 is 3.46. The van der Waals surface area contributed by atoms with Crippen LogP contribution < -0.4 is 0 Å². The van der Waals surface area contributed by atoms with Gasteiger partial charge in [-0.2, -0.15) is 0 Å². The molecular formula is C19H26BrNO3. The minimum atomic E-state index is -0.452. The van der Waals surface area contributed by atoms with Gasteiger partial charge in [0.15, 0.2) is 0 Å². The van der Waals surface area contributed by atoms with E-state index in [1.54, 1.807) is 0 Å². The second kappa shape index (κ2) is 8.15. The number of esters is 1. The van der Waals surface area contributed by atoms with Crippen LogP contribution in [0.3, 0.4) is 0 Å². The molecule has 1 atom stereocenters. The zero-order chi connectivity index (χ0) is 17.7. The third-order valence-electron chi connectivity index (χ3n) is 5.03. The van der Waals surface area contributed by atoms with E-state index >= 15 is 0 Å². The summed E-state index contributed by atoms with van der Waals surface area (Å²) in [6, 6.07) is 8.09. The van der Waals surface area contributed by atoms with Crippen molar-refractivity contribution in [3.05, 3.63) is 34.3 Å². The van der Waals surface area contributed by atoms with Gasteiger partial charge in [0.1, 0.15) is 0 Å². The number of carbonyl (C=O) groups is 2. The van der Waals surface area contributed by atoms with Crippen molar-refractivity contribution >= 4 is 27.8 Å². The fourth-order valence-electron chi connectivity index (χ4n) is 3.64. The average Bonchev–Trinajstić information content (AvgIpc) is 3.09. The molecule has 0 radical (unpaired) electrons. The Morgan fingerprint density at radius 1 is 1.25 bits per heavy atom. The van der Waals surface area contributed by atoms with Crippen LogP contribution in [0, 0.1) is 5.92 Å². The SMILES string of the molecule is CCN(CC(C)C(=O)OC)C(=O)C1(c2ccc(Br)cc2)CCCC1. The van der Waals surface area contributed by atoms with Crippen molar-refractivity contribution in [1.29, 1.82) is 0 Å². The van der Waals surface area contributed by atoms with E-state index in [2.05, 4.69) is 15.9 Å². The Balaban J connectivity index is 2.27. The number of ether oxygens (including phenoxy) is 1. The van der Waals surface area contributed by atoms with E-state index in [1.807, 2.05) is 43.0 Å². The monoisotopic (exact) mass is 395 g/mol. The maximum atomic E-state index is 13.4. The molecule has 1 saturated carbocycles. The first-order valence-corrected chi connectivity index (χ1v) is 9.37. The van der Waals surface area contributed by atoms with Gasteiger partial charge in [-0.1, -0.05) is 47.8 Å². The lowest BCUT2D eigenvalue weighted by molar-refractivity contribution is -0.147. The summed E-state index contributed by atoms with van der Waals surface area (Å²) in [6.45, 7) is 4.77. The highest BCUT2D eigenvalue weighted by atomic mass is 79.9. The van der Waals surface area contributed by atoms with Gasteiger partial charge in [-0.05, 0) is 37.5 Å². The fraction of sp³-hybridized carbons (Fsp3) is 0.579. The molecule has 4 nitrogen and oxygen atoms in total. The maximum Gasteiger partial charge on any atom is 0.310 e. The Kier molecular flexibility index (Phi) is 6.44. The normalized spacial score (nSPS) is 17.3. The number of carbonyl (C=O) groups excluding carboxylic acids is 2. The Bertz CT molecular complexity index is 579. The van der Waals surface area contributed by atoms with Crippen molar-refractivity contribution in [3.63, 3.8) is 0 Å². The average molecular weight is 396 g/mol. The highest BCUT2D eigenvalue weighted by Crippen LogP contribution is 2.43. The minimum absolute atomic E-state index is 0.139. The molecule has 0 aromatic heterocycles. The predicted octanol–water partition coefficient (Wildman–Crippen LogP) is 3.92. The Hall–Kier alpha value is -1.36. The van der Waals surface area contributed by atoms with Gasteiger partial charge in [-0.25, -0.2) is 0 Å². The molecule has 0 bridgehead atoms. The van der Waals surface area contributed by atoms with E-state index in [0.29, 0.717) is 13.1 Å². The van der Waals surface area contributed by atoms with Gasteiger partial charge in [0.25, 0.3) is 0 Å². The number of methoxy groups -OCH3 is 1. The van der Waals surface area contributed by atoms with Crippen LogP contribution in [-0.2, 0) is 19.7 Å². The molecule has 1 aliphatic rings.